The van der Waals surface area contributed by atoms with Crippen molar-refractivity contribution in [3.63, 3.8) is 0 Å². The van der Waals surface area contributed by atoms with E-state index in [0.717, 1.165) is 4.88 Å². The molecule has 0 aliphatic carbocycles. The lowest BCUT2D eigenvalue weighted by atomic mass is 9.83. The van der Waals surface area contributed by atoms with E-state index >= 15 is 0 Å². The van der Waals surface area contributed by atoms with E-state index in [-0.39, 0.29) is 5.41 Å². The molecular formula is C10H15NO2S. The van der Waals surface area contributed by atoms with Crippen LogP contribution < -0.4 is 5.32 Å². The van der Waals surface area contributed by atoms with Crippen molar-refractivity contribution in [1.82, 2.24) is 5.32 Å². The van der Waals surface area contributed by atoms with Gasteiger partial charge in [-0.05, 0) is 18.5 Å². The zero-order valence-corrected chi connectivity index (χ0v) is 9.39. The van der Waals surface area contributed by atoms with E-state index in [1.165, 1.54) is 0 Å². The number of likely N-dealkylation sites (N-methyl/N-ethyl adjacent to an activating group) is 1. The Morgan fingerprint density at radius 1 is 1.64 bits per heavy atom. The molecule has 0 saturated heterocycles. The molecule has 0 bridgehead atoms. The van der Waals surface area contributed by atoms with Crippen LogP contribution in [0.5, 0.6) is 0 Å². The average Bonchev–Trinajstić information content (AvgIpc) is 2.55. The first-order valence-corrected chi connectivity index (χ1v) is 5.32. The molecule has 2 N–H and O–H groups in total. The van der Waals surface area contributed by atoms with E-state index in [1.807, 2.05) is 31.4 Å². The van der Waals surface area contributed by atoms with Crippen LogP contribution in [0.4, 0.5) is 0 Å². The summed E-state index contributed by atoms with van der Waals surface area (Å²) in [4.78, 5) is 12.1. The van der Waals surface area contributed by atoms with Gasteiger partial charge in [0.15, 0.2) is 0 Å². The zero-order chi connectivity index (χ0) is 10.8. The fourth-order valence-corrected chi connectivity index (χ4v) is 2.46. The summed E-state index contributed by atoms with van der Waals surface area (Å²) in [6.45, 7) is 3.88. The number of hydrogen-bond acceptors (Lipinski definition) is 3. The lowest BCUT2D eigenvalue weighted by Gasteiger charge is -2.30. The summed E-state index contributed by atoms with van der Waals surface area (Å²) in [6, 6.07) is 3.36. The highest BCUT2D eigenvalue weighted by Crippen LogP contribution is 2.30. The molecule has 0 spiro atoms. The van der Waals surface area contributed by atoms with E-state index in [9.17, 15) is 4.79 Å². The first kappa shape index (κ1) is 11.2. The zero-order valence-electron chi connectivity index (χ0n) is 8.57. The fourth-order valence-electron chi connectivity index (χ4n) is 1.58. The van der Waals surface area contributed by atoms with Gasteiger partial charge in [0.25, 0.3) is 0 Å². The Kier molecular flexibility index (Phi) is 3.29. The van der Waals surface area contributed by atoms with Gasteiger partial charge in [-0.25, -0.2) is 0 Å². The van der Waals surface area contributed by atoms with Crippen molar-refractivity contribution in [3.05, 3.63) is 22.4 Å². The molecule has 0 amide bonds. The molecule has 1 heterocycles. The number of aliphatic carboxylic acids is 1. The molecule has 1 aromatic rings. The maximum Gasteiger partial charge on any atom is 0.321 e. The van der Waals surface area contributed by atoms with Gasteiger partial charge in [0, 0.05) is 10.3 Å². The topological polar surface area (TPSA) is 49.3 Å². The Morgan fingerprint density at radius 3 is 2.64 bits per heavy atom. The van der Waals surface area contributed by atoms with Crippen LogP contribution >= 0.6 is 11.3 Å². The second-order valence-corrected chi connectivity index (χ2v) is 4.71. The molecule has 78 valence electrons. The molecule has 0 radical (unpaired) electrons. The summed E-state index contributed by atoms with van der Waals surface area (Å²) in [5.74, 6) is -0.814. The average molecular weight is 213 g/mol. The van der Waals surface area contributed by atoms with Crippen LogP contribution in [0, 0.1) is 0 Å². The van der Waals surface area contributed by atoms with Crippen molar-refractivity contribution in [2.75, 3.05) is 7.05 Å². The highest BCUT2D eigenvalue weighted by Gasteiger charge is 2.36. The minimum absolute atomic E-state index is 0.380. The lowest BCUT2D eigenvalue weighted by Crippen LogP contribution is -2.48. The molecule has 0 aliphatic rings. The van der Waals surface area contributed by atoms with Crippen molar-refractivity contribution in [2.45, 2.75) is 25.3 Å². The largest absolute Gasteiger partial charge is 0.480 e. The third-order valence-corrected chi connectivity index (χ3v) is 3.62. The molecule has 4 heteroatoms. The molecule has 0 fully saturated rings. The first-order valence-electron chi connectivity index (χ1n) is 4.44. The molecule has 0 aliphatic heterocycles. The number of carboxylic acids is 1. The van der Waals surface area contributed by atoms with Gasteiger partial charge in [0.05, 0.1) is 0 Å². The molecular weight excluding hydrogens is 198 g/mol. The molecule has 0 saturated carbocycles. The van der Waals surface area contributed by atoms with Crippen molar-refractivity contribution in [2.24, 2.45) is 0 Å². The Labute approximate surface area is 87.8 Å². The van der Waals surface area contributed by atoms with Crippen molar-refractivity contribution >= 4 is 17.3 Å². The summed E-state index contributed by atoms with van der Waals surface area (Å²) in [5, 5.41) is 13.9. The highest BCUT2D eigenvalue weighted by atomic mass is 32.1. The lowest BCUT2D eigenvalue weighted by molar-refractivity contribution is -0.141. The van der Waals surface area contributed by atoms with Gasteiger partial charge in [0.1, 0.15) is 6.04 Å². The molecule has 1 rings (SSSR count). The van der Waals surface area contributed by atoms with Crippen LogP contribution in [-0.4, -0.2) is 24.2 Å². The predicted octanol–water partition coefficient (Wildman–Crippen LogP) is 1.70. The van der Waals surface area contributed by atoms with Crippen LogP contribution in [0.25, 0.3) is 0 Å². The molecule has 1 unspecified atom stereocenters. The SMILES string of the molecule is CNC(C(=O)O)C(C)(C)c1cccs1. The summed E-state index contributed by atoms with van der Waals surface area (Å²) >= 11 is 1.59. The smallest absolute Gasteiger partial charge is 0.321 e. The van der Waals surface area contributed by atoms with E-state index in [4.69, 9.17) is 5.11 Å². The maximum absolute atomic E-state index is 11.0. The number of carboxylic acid groups (broad SMARTS) is 1. The van der Waals surface area contributed by atoms with Gasteiger partial charge >= 0.3 is 5.97 Å². The Hall–Kier alpha value is -0.870. The standard InChI is InChI=1S/C10H15NO2S/c1-10(2,7-5-4-6-14-7)8(11-3)9(12)13/h4-6,8,11H,1-3H3,(H,12,13). The maximum atomic E-state index is 11.0. The minimum Gasteiger partial charge on any atom is -0.480 e. The second-order valence-electron chi connectivity index (χ2n) is 3.76. The van der Waals surface area contributed by atoms with E-state index in [1.54, 1.807) is 18.4 Å². The van der Waals surface area contributed by atoms with E-state index in [0.29, 0.717) is 0 Å². The third kappa shape index (κ3) is 1.96. The first-order chi connectivity index (χ1) is 6.50. The molecule has 14 heavy (non-hydrogen) atoms. The fraction of sp³-hybridized carbons (Fsp3) is 0.500. The number of carbonyl (C=O) groups is 1. The minimum atomic E-state index is -0.814. The summed E-state index contributed by atoms with van der Waals surface area (Å²) in [5.41, 5.74) is -0.380. The Morgan fingerprint density at radius 2 is 2.29 bits per heavy atom. The number of nitrogens with one attached hydrogen (secondary N) is 1. The molecule has 1 aromatic heterocycles. The van der Waals surface area contributed by atoms with Crippen LogP contribution in [0.15, 0.2) is 17.5 Å². The number of thiophene rings is 1. The van der Waals surface area contributed by atoms with Gasteiger partial charge < -0.3 is 10.4 Å². The second kappa shape index (κ2) is 4.11. The summed E-state index contributed by atoms with van der Waals surface area (Å²) in [7, 11) is 1.67. The van der Waals surface area contributed by atoms with E-state index < -0.39 is 12.0 Å². The summed E-state index contributed by atoms with van der Waals surface area (Å²) < 4.78 is 0. The van der Waals surface area contributed by atoms with Gasteiger partial charge in [-0.3, -0.25) is 4.79 Å². The quantitative estimate of drug-likeness (QED) is 0.800. The third-order valence-electron chi connectivity index (χ3n) is 2.41. The van der Waals surface area contributed by atoms with Gasteiger partial charge in [-0.1, -0.05) is 19.9 Å². The van der Waals surface area contributed by atoms with Crippen LogP contribution in [0.2, 0.25) is 0 Å². The van der Waals surface area contributed by atoms with Crippen molar-refractivity contribution in [3.8, 4) is 0 Å². The monoisotopic (exact) mass is 213 g/mol. The molecule has 3 nitrogen and oxygen atoms in total. The number of hydrogen-bond donors (Lipinski definition) is 2. The summed E-state index contributed by atoms with van der Waals surface area (Å²) in [6.07, 6.45) is 0. The molecule has 1 atom stereocenters. The molecule has 0 aromatic carbocycles. The van der Waals surface area contributed by atoms with Crippen LogP contribution in [0.1, 0.15) is 18.7 Å². The van der Waals surface area contributed by atoms with Crippen LogP contribution in [-0.2, 0) is 10.2 Å². The van der Waals surface area contributed by atoms with Crippen LogP contribution in [0.3, 0.4) is 0 Å². The normalized spacial score (nSPS) is 13.9. The van der Waals surface area contributed by atoms with Crippen molar-refractivity contribution in [1.29, 1.82) is 0 Å². The van der Waals surface area contributed by atoms with Gasteiger partial charge in [0.2, 0.25) is 0 Å². The highest BCUT2D eigenvalue weighted by molar-refractivity contribution is 7.10. The van der Waals surface area contributed by atoms with Gasteiger partial charge in [-0.15, -0.1) is 11.3 Å². The van der Waals surface area contributed by atoms with Crippen molar-refractivity contribution < 1.29 is 9.90 Å². The van der Waals surface area contributed by atoms with Gasteiger partial charge in [-0.2, -0.15) is 0 Å². The predicted molar refractivity (Wildman–Crippen MR) is 57.8 cm³/mol. The Bertz CT molecular complexity index is 306. The Balaban J connectivity index is 2.99. The number of rotatable bonds is 4. The van der Waals surface area contributed by atoms with E-state index in [2.05, 4.69) is 5.32 Å².